The lowest BCUT2D eigenvalue weighted by Gasteiger charge is -2.22. The van der Waals surface area contributed by atoms with E-state index >= 15 is 0 Å². The minimum atomic E-state index is -1.18. The monoisotopic (exact) mass is 380 g/mol. The molecule has 0 spiro atoms. The molecule has 0 saturated carbocycles. The number of carbonyl (C=O) groups excluding carboxylic acids is 3. The maximum Gasteiger partial charge on any atom is 0.326 e. The van der Waals surface area contributed by atoms with Crippen molar-refractivity contribution in [2.24, 2.45) is 11.5 Å². The Balaban J connectivity index is 4.95. The van der Waals surface area contributed by atoms with Gasteiger partial charge < -0.3 is 27.2 Å². The molecule has 24 heavy (non-hydrogen) atoms. The highest BCUT2D eigenvalue weighted by Crippen LogP contribution is 2.04. The van der Waals surface area contributed by atoms with E-state index < -0.39 is 41.8 Å². The van der Waals surface area contributed by atoms with Crippen molar-refractivity contribution in [1.29, 1.82) is 0 Å². The summed E-state index contributed by atoms with van der Waals surface area (Å²) in [6, 6.07) is -3.12. The summed E-state index contributed by atoms with van der Waals surface area (Å²) in [5, 5.41) is 13.9. The van der Waals surface area contributed by atoms with E-state index in [1.165, 1.54) is 11.8 Å². The first-order valence-corrected chi connectivity index (χ1v) is 9.22. The molecule has 0 aliphatic heterocycles. The van der Waals surface area contributed by atoms with Crippen LogP contribution in [0.4, 0.5) is 0 Å². The van der Waals surface area contributed by atoms with Crippen molar-refractivity contribution in [1.82, 2.24) is 10.6 Å². The van der Waals surface area contributed by atoms with E-state index in [4.69, 9.17) is 16.6 Å². The molecule has 0 saturated heterocycles. The minimum absolute atomic E-state index is 0.0545. The first-order chi connectivity index (χ1) is 11.2. The van der Waals surface area contributed by atoms with Crippen LogP contribution < -0.4 is 22.1 Å². The number of hydrogen-bond donors (Lipinski definition) is 6. The molecule has 0 aromatic heterocycles. The molecule has 0 aromatic rings. The van der Waals surface area contributed by atoms with Crippen molar-refractivity contribution >= 4 is 48.1 Å². The molecule has 0 aliphatic rings. The van der Waals surface area contributed by atoms with Crippen LogP contribution in [0.2, 0.25) is 0 Å². The number of amides is 3. The SMILES string of the molecule is CSCCC(NC(=O)C(CCC(N)=O)NC(=O)C(N)CS)C(=O)O. The van der Waals surface area contributed by atoms with Crippen LogP contribution in [-0.2, 0) is 19.2 Å². The highest BCUT2D eigenvalue weighted by molar-refractivity contribution is 7.98. The van der Waals surface area contributed by atoms with E-state index in [0.717, 1.165) is 0 Å². The summed E-state index contributed by atoms with van der Waals surface area (Å²) in [7, 11) is 0. The number of primary amides is 1. The molecule has 11 heteroatoms. The maximum absolute atomic E-state index is 12.3. The molecule has 0 aliphatic carbocycles. The van der Waals surface area contributed by atoms with Gasteiger partial charge in [-0.15, -0.1) is 0 Å². The summed E-state index contributed by atoms with van der Waals surface area (Å²) in [6.45, 7) is 0. The first-order valence-electron chi connectivity index (χ1n) is 7.20. The fourth-order valence-corrected chi connectivity index (χ4v) is 2.32. The van der Waals surface area contributed by atoms with E-state index in [1.54, 1.807) is 0 Å². The molecule has 7 N–H and O–H groups in total. The first kappa shape index (κ1) is 22.5. The summed E-state index contributed by atoms with van der Waals surface area (Å²) in [6.07, 6.45) is 1.85. The van der Waals surface area contributed by atoms with Crippen molar-refractivity contribution in [2.45, 2.75) is 37.4 Å². The third-order valence-corrected chi connectivity index (χ3v) is 4.11. The van der Waals surface area contributed by atoms with Gasteiger partial charge in [-0.3, -0.25) is 14.4 Å². The van der Waals surface area contributed by atoms with Crippen molar-refractivity contribution in [3.05, 3.63) is 0 Å². The average molecular weight is 380 g/mol. The number of carbonyl (C=O) groups is 4. The Hall–Kier alpha value is -1.46. The van der Waals surface area contributed by atoms with Gasteiger partial charge in [0.05, 0.1) is 6.04 Å². The number of hydrogen-bond acceptors (Lipinski definition) is 7. The van der Waals surface area contributed by atoms with Crippen LogP contribution in [-0.4, -0.2) is 64.7 Å². The molecule has 3 amide bonds. The quantitative estimate of drug-likeness (QED) is 0.220. The minimum Gasteiger partial charge on any atom is -0.480 e. The number of aliphatic carboxylic acids is 1. The van der Waals surface area contributed by atoms with Gasteiger partial charge in [-0.05, 0) is 24.9 Å². The summed E-state index contributed by atoms with van der Waals surface area (Å²) in [5.74, 6) is -2.53. The molecular formula is C13H24N4O5S2. The van der Waals surface area contributed by atoms with E-state index in [0.29, 0.717) is 5.75 Å². The molecule has 0 fully saturated rings. The Morgan fingerprint density at radius 2 is 1.71 bits per heavy atom. The fraction of sp³-hybridized carbons (Fsp3) is 0.692. The van der Waals surface area contributed by atoms with E-state index in [-0.39, 0.29) is 25.0 Å². The topological polar surface area (TPSA) is 165 Å². The van der Waals surface area contributed by atoms with Gasteiger partial charge in [-0.25, -0.2) is 4.79 Å². The number of thiol groups is 1. The average Bonchev–Trinajstić information content (AvgIpc) is 2.53. The molecular weight excluding hydrogens is 356 g/mol. The number of nitrogens with one attached hydrogen (secondary N) is 2. The second-order valence-corrected chi connectivity index (χ2v) is 6.39. The maximum atomic E-state index is 12.3. The van der Waals surface area contributed by atoms with Crippen LogP contribution in [0.25, 0.3) is 0 Å². The molecule has 3 atom stereocenters. The molecule has 0 aromatic carbocycles. The summed E-state index contributed by atoms with van der Waals surface area (Å²) >= 11 is 5.34. The Kier molecular flexibility index (Phi) is 11.3. The number of carboxylic acid groups (broad SMARTS) is 1. The number of thioether (sulfide) groups is 1. The van der Waals surface area contributed by atoms with Crippen LogP contribution in [0.3, 0.4) is 0 Å². The largest absolute Gasteiger partial charge is 0.480 e. The molecule has 0 radical (unpaired) electrons. The van der Waals surface area contributed by atoms with Gasteiger partial charge in [-0.1, -0.05) is 0 Å². The highest BCUT2D eigenvalue weighted by atomic mass is 32.2. The normalized spacial score (nSPS) is 14.3. The third-order valence-electron chi connectivity index (χ3n) is 3.07. The van der Waals surface area contributed by atoms with Gasteiger partial charge in [0.1, 0.15) is 12.1 Å². The lowest BCUT2D eigenvalue weighted by atomic mass is 10.1. The highest BCUT2D eigenvalue weighted by Gasteiger charge is 2.27. The molecule has 3 unspecified atom stereocenters. The number of rotatable bonds is 12. The van der Waals surface area contributed by atoms with Crippen LogP contribution in [0, 0.1) is 0 Å². The van der Waals surface area contributed by atoms with E-state index in [1.807, 2.05) is 6.26 Å². The molecule has 0 heterocycles. The predicted molar refractivity (Wildman–Crippen MR) is 94.8 cm³/mol. The van der Waals surface area contributed by atoms with Gasteiger partial charge in [0, 0.05) is 12.2 Å². The predicted octanol–water partition coefficient (Wildman–Crippen LogP) is -1.68. The lowest BCUT2D eigenvalue weighted by molar-refractivity contribution is -0.142. The fourth-order valence-electron chi connectivity index (χ4n) is 1.68. The van der Waals surface area contributed by atoms with Gasteiger partial charge in [-0.2, -0.15) is 24.4 Å². The van der Waals surface area contributed by atoms with Gasteiger partial charge in [0.25, 0.3) is 0 Å². The zero-order chi connectivity index (χ0) is 18.7. The van der Waals surface area contributed by atoms with Gasteiger partial charge in [0.2, 0.25) is 17.7 Å². The molecule has 138 valence electrons. The Morgan fingerprint density at radius 1 is 1.12 bits per heavy atom. The van der Waals surface area contributed by atoms with Crippen LogP contribution in [0.1, 0.15) is 19.3 Å². The smallest absolute Gasteiger partial charge is 0.326 e. The summed E-state index contributed by atoms with van der Waals surface area (Å²) in [5.41, 5.74) is 10.6. The van der Waals surface area contributed by atoms with E-state index in [2.05, 4.69) is 23.3 Å². The van der Waals surface area contributed by atoms with Crippen LogP contribution in [0.5, 0.6) is 0 Å². The summed E-state index contributed by atoms with van der Waals surface area (Å²) in [4.78, 5) is 46.2. The zero-order valence-corrected chi connectivity index (χ0v) is 15.1. The van der Waals surface area contributed by atoms with Crippen LogP contribution in [0.15, 0.2) is 0 Å². The third kappa shape index (κ3) is 8.99. The van der Waals surface area contributed by atoms with Crippen molar-refractivity contribution < 1.29 is 24.3 Å². The molecule has 9 nitrogen and oxygen atoms in total. The standard InChI is InChI=1S/C13H24N4O5S2/c1-24-5-4-9(13(21)22)17-12(20)8(2-3-10(15)18)16-11(19)7(14)6-23/h7-9,23H,2-6,14H2,1H3,(H2,15,18)(H,16,19)(H,17,20)(H,21,22). The lowest BCUT2D eigenvalue weighted by Crippen LogP contribution is -2.55. The second-order valence-electron chi connectivity index (χ2n) is 5.04. The number of carboxylic acids is 1. The van der Waals surface area contributed by atoms with Crippen LogP contribution >= 0.6 is 24.4 Å². The molecule has 0 rings (SSSR count). The number of nitrogens with two attached hydrogens (primary N) is 2. The summed E-state index contributed by atoms with van der Waals surface area (Å²) < 4.78 is 0. The van der Waals surface area contributed by atoms with Gasteiger partial charge in [0.15, 0.2) is 0 Å². The zero-order valence-electron chi connectivity index (χ0n) is 13.4. The van der Waals surface area contributed by atoms with Crippen molar-refractivity contribution in [3.63, 3.8) is 0 Å². The Bertz CT molecular complexity index is 464. The Labute approximate surface area is 150 Å². The van der Waals surface area contributed by atoms with Crippen molar-refractivity contribution in [2.75, 3.05) is 17.8 Å². The molecule has 0 bridgehead atoms. The Morgan fingerprint density at radius 3 is 2.17 bits per heavy atom. The van der Waals surface area contributed by atoms with E-state index in [9.17, 15) is 19.2 Å². The van der Waals surface area contributed by atoms with Crippen molar-refractivity contribution in [3.8, 4) is 0 Å². The second kappa shape index (κ2) is 12.0. The van der Waals surface area contributed by atoms with Gasteiger partial charge >= 0.3 is 5.97 Å².